The van der Waals surface area contributed by atoms with Crippen molar-refractivity contribution in [2.45, 2.75) is 31.4 Å². The number of nitrogens with one attached hydrogen (secondary N) is 1. The van der Waals surface area contributed by atoms with Gasteiger partial charge in [-0.25, -0.2) is 0 Å². The molecular weight excluding hydrogens is 266 g/mol. The molecule has 0 spiro atoms. The number of carbonyl (C=O) groups is 1. The first kappa shape index (κ1) is 14.0. The first-order valence-corrected chi connectivity index (χ1v) is 6.57. The Balaban J connectivity index is 2.22. The van der Waals surface area contributed by atoms with Crippen LogP contribution >= 0.6 is 11.6 Å². The summed E-state index contributed by atoms with van der Waals surface area (Å²) < 4.78 is 5.32. The van der Waals surface area contributed by atoms with Crippen LogP contribution in [0.15, 0.2) is 12.1 Å². The molecule has 1 fully saturated rings. The Hall–Kier alpha value is -1.46. The van der Waals surface area contributed by atoms with Crippen LogP contribution in [0, 0.1) is 0 Å². The summed E-state index contributed by atoms with van der Waals surface area (Å²) in [5.41, 5.74) is 12.3. The molecule has 0 aliphatic heterocycles. The molecule has 1 amide bonds. The Morgan fingerprint density at radius 1 is 1.47 bits per heavy atom. The second-order valence-corrected chi connectivity index (χ2v) is 5.21. The van der Waals surface area contributed by atoms with Crippen LogP contribution in [0.1, 0.15) is 29.6 Å². The van der Waals surface area contributed by atoms with Gasteiger partial charge >= 0.3 is 0 Å². The third-order valence-electron chi connectivity index (χ3n) is 3.44. The molecule has 5 N–H and O–H groups in total. The number of rotatable bonds is 4. The Morgan fingerprint density at radius 2 is 2.21 bits per heavy atom. The van der Waals surface area contributed by atoms with E-state index in [-0.39, 0.29) is 12.1 Å². The lowest BCUT2D eigenvalue weighted by atomic mass is 10.1. The van der Waals surface area contributed by atoms with Crippen LogP contribution in [0.25, 0.3) is 0 Å². The minimum Gasteiger partial charge on any atom is -0.399 e. The fraction of sp³-hybridized carbons (Fsp3) is 0.462. The van der Waals surface area contributed by atoms with Crippen LogP contribution in [0.5, 0.6) is 0 Å². The fourth-order valence-electron chi connectivity index (χ4n) is 2.46. The van der Waals surface area contributed by atoms with E-state index in [1.807, 2.05) is 0 Å². The van der Waals surface area contributed by atoms with Crippen molar-refractivity contribution in [3.05, 3.63) is 22.7 Å². The molecule has 1 aromatic carbocycles. The number of nitrogen functional groups attached to an aromatic ring is 1. The molecule has 1 saturated carbocycles. The van der Waals surface area contributed by atoms with Gasteiger partial charge in [0.15, 0.2) is 0 Å². The smallest absolute Gasteiger partial charge is 0.250 e. The average molecular weight is 284 g/mol. The molecule has 1 aliphatic carbocycles. The lowest BCUT2D eigenvalue weighted by Crippen LogP contribution is -2.21. The highest BCUT2D eigenvalue weighted by atomic mass is 35.5. The molecule has 0 bridgehead atoms. The number of anilines is 2. The Kier molecular flexibility index (Phi) is 4.17. The molecule has 6 heteroatoms. The van der Waals surface area contributed by atoms with Crippen LogP contribution in [0.2, 0.25) is 5.02 Å². The van der Waals surface area contributed by atoms with E-state index in [2.05, 4.69) is 5.32 Å². The zero-order valence-corrected chi connectivity index (χ0v) is 11.5. The summed E-state index contributed by atoms with van der Waals surface area (Å²) in [7, 11) is 1.71. The summed E-state index contributed by atoms with van der Waals surface area (Å²) in [5.74, 6) is -0.544. The van der Waals surface area contributed by atoms with Crippen molar-refractivity contribution in [1.82, 2.24) is 0 Å². The molecule has 1 aliphatic rings. The topological polar surface area (TPSA) is 90.4 Å². The van der Waals surface area contributed by atoms with Gasteiger partial charge in [-0.1, -0.05) is 11.6 Å². The number of ether oxygens (including phenoxy) is 1. The molecule has 0 radical (unpaired) electrons. The van der Waals surface area contributed by atoms with E-state index in [4.69, 9.17) is 27.8 Å². The van der Waals surface area contributed by atoms with Gasteiger partial charge < -0.3 is 21.5 Å². The van der Waals surface area contributed by atoms with Gasteiger partial charge in [-0.15, -0.1) is 0 Å². The summed E-state index contributed by atoms with van der Waals surface area (Å²) in [6.07, 6.45) is 3.10. The van der Waals surface area contributed by atoms with Gasteiger partial charge in [0.05, 0.1) is 22.4 Å². The minimum absolute atomic E-state index is 0.226. The monoisotopic (exact) mass is 283 g/mol. The normalized spacial score (nSPS) is 22.4. The van der Waals surface area contributed by atoms with Gasteiger partial charge in [0.2, 0.25) is 0 Å². The maximum absolute atomic E-state index is 11.5. The summed E-state index contributed by atoms with van der Waals surface area (Å²) in [5, 5.41) is 3.69. The van der Waals surface area contributed by atoms with E-state index in [1.54, 1.807) is 19.2 Å². The number of benzene rings is 1. The van der Waals surface area contributed by atoms with Crippen LogP contribution < -0.4 is 16.8 Å². The lowest BCUT2D eigenvalue weighted by Gasteiger charge is -2.18. The molecule has 2 atom stereocenters. The summed E-state index contributed by atoms with van der Waals surface area (Å²) >= 11 is 6.15. The molecule has 1 aromatic rings. The van der Waals surface area contributed by atoms with Crippen molar-refractivity contribution < 1.29 is 9.53 Å². The van der Waals surface area contributed by atoms with Crippen LogP contribution in [0.3, 0.4) is 0 Å². The van der Waals surface area contributed by atoms with Crippen molar-refractivity contribution in [3.63, 3.8) is 0 Å². The van der Waals surface area contributed by atoms with Gasteiger partial charge in [-0.3, -0.25) is 4.79 Å². The predicted molar refractivity (Wildman–Crippen MR) is 76.4 cm³/mol. The van der Waals surface area contributed by atoms with E-state index in [9.17, 15) is 4.79 Å². The third-order valence-corrected chi connectivity index (χ3v) is 3.74. The number of amides is 1. The van der Waals surface area contributed by atoms with Crippen molar-refractivity contribution in [2.24, 2.45) is 5.73 Å². The zero-order chi connectivity index (χ0) is 14.0. The summed E-state index contributed by atoms with van der Waals surface area (Å²) in [4.78, 5) is 11.5. The number of hydrogen-bond donors (Lipinski definition) is 3. The van der Waals surface area contributed by atoms with Gasteiger partial charge in [0.1, 0.15) is 0 Å². The quantitative estimate of drug-likeness (QED) is 0.737. The molecule has 2 unspecified atom stereocenters. The molecule has 0 heterocycles. The maximum Gasteiger partial charge on any atom is 0.250 e. The van der Waals surface area contributed by atoms with E-state index in [1.165, 1.54) is 0 Å². The second-order valence-electron chi connectivity index (χ2n) is 4.80. The van der Waals surface area contributed by atoms with Crippen molar-refractivity contribution in [3.8, 4) is 0 Å². The highest BCUT2D eigenvalue weighted by Crippen LogP contribution is 2.32. The first-order valence-electron chi connectivity index (χ1n) is 6.19. The Labute approximate surface area is 117 Å². The Morgan fingerprint density at radius 3 is 2.79 bits per heavy atom. The molecule has 2 rings (SSSR count). The minimum atomic E-state index is -0.544. The predicted octanol–water partition coefficient (Wildman–Crippen LogP) is 2.00. The number of hydrogen-bond acceptors (Lipinski definition) is 4. The average Bonchev–Trinajstić information content (AvgIpc) is 2.79. The highest BCUT2D eigenvalue weighted by Gasteiger charge is 2.26. The fourth-order valence-corrected chi connectivity index (χ4v) is 2.74. The van der Waals surface area contributed by atoms with E-state index >= 15 is 0 Å². The van der Waals surface area contributed by atoms with Crippen LogP contribution in [-0.2, 0) is 4.74 Å². The maximum atomic E-state index is 11.5. The molecule has 0 aromatic heterocycles. The molecule has 0 saturated heterocycles. The van der Waals surface area contributed by atoms with Crippen LogP contribution in [-0.4, -0.2) is 25.2 Å². The summed E-state index contributed by atoms with van der Waals surface area (Å²) in [6, 6.07) is 3.38. The van der Waals surface area contributed by atoms with Gasteiger partial charge in [0, 0.05) is 18.8 Å². The largest absolute Gasteiger partial charge is 0.399 e. The second kappa shape index (κ2) is 5.67. The molecule has 104 valence electrons. The van der Waals surface area contributed by atoms with Gasteiger partial charge in [-0.2, -0.15) is 0 Å². The van der Waals surface area contributed by atoms with Crippen molar-refractivity contribution >= 4 is 28.9 Å². The standard InChI is InChI=1S/C13H18ClN3O2/c1-19-9-3-2-8(6-9)17-12-10(13(16)18)4-7(15)5-11(12)14/h4-5,8-9,17H,2-3,6,15H2,1H3,(H2,16,18). The number of nitrogens with two attached hydrogens (primary N) is 2. The van der Waals surface area contributed by atoms with Crippen LogP contribution in [0.4, 0.5) is 11.4 Å². The zero-order valence-electron chi connectivity index (χ0n) is 10.8. The van der Waals surface area contributed by atoms with E-state index in [0.29, 0.717) is 22.0 Å². The number of halogens is 1. The lowest BCUT2D eigenvalue weighted by molar-refractivity contribution is 0.100. The number of methoxy groups -OCH3 is 1. The molecule has 19 heavy (non-hydrogen) atoms. The summed E-state index contributed by atoms with van der Waals surface area (Å²) in [6.45, 7) is 0. The number of carbonyl (C=O) groups excluding carboxylic acids is 1. The Bertz CT molecular complexity index is 493. The van der Waals surface area contributed by atoms with E-state index in [0.717, 1.165) is 19.3 Å². The van der Waals surface area contributed by atoms with Crippen molar-refractivity contribution in [1.29, 1.82) is 0 Å². The molecule has 5 nitrogen and oxygen atoms in total. The molecular formula is C13H18ClN3O2. The first-order chi connectivity index (χ1) is 9.01. The SMILES string of the molecule is COC1CCC(Nc2c(Cl)cc(N)cc2C(N)=O)C1. The van der Waals surface area contributed by atoms with E-state index < -0.39 is 5.91 Å². The highest BCUT2D eigenvalue weighted by molar-refractivity contribution is 6.34. The van der Waals surface area contributed by atoms with Crippen molar-refractivity contribution in [2.75, 3.05) is 18.2 Å². The van der Waals surface area contributed by atoms with Gasteiger partial charge in [-0.05, 0) is 31.4 Å². The number of primary amides is 1. The third kappa shape index (κ3) is 3.11. The van der Waals surface area contributed by atoms with Gasteiger partial charge in [0.25, 0.3) is 5.91 Å².